The number of benzene rings is 2. The number of hydrogen-bond donors (Lipinski definition) is 1. The minimum absolute atomic E-state index is 0.318. The van der Waals surface area contributed by atoms with Gasteiger partial charge in [0, 0.05) is 14.6 Å². The minimum Gasteiger partial charge on any atom is -0.462 e. The Labute approximate surface area is 147 Å². The van der Waals surface area contributed by atoms with Gasteiger partial charge in [0.15, 0.2) is 0 Å². The third-order valence-corrected chi connectivity index (χ3v) is 3.93. The Hall–Kier alpha value is -2.22. The molecule has 1 heterocycles. The predicted octanol–water partition coefficient (Wildman–Crippen LogP) is 4.15. The Morgan fingerprint density at radius 1 is 1.17 bits per heavy atom. The highest BCUT2D eigenvalue weighted by molar-refractivity contribution is 14.1. The lowest BCUT2D eigenvalue weighted by Gasteiger charge is -2.09. The van der Waals surface area contributed by atoms with Crippen LogP contribution in [0.15, 0.2) is 48.8 Å². The van der Waals surface area contributed by atoms with Crippen LogP contribution < -0.4 is 5.32 Å². The van der Waals surface area contributed by atoms with Crippen LogP contribution in [0.2, 0.25) is 0 Å². The van der Waals surface area contributed by atoms with Crippen molar-refractivity contribution in [1.82, 2.24) is 9.97 Å². The molecule has 0 unspecified atom stereocenters. The molecule has 0 aliphatic rings. The van der Waals surface area contributed by atoms with Crippen molar-refractivity contribution in [3.8, 4) is 0 Å². The van der Waals surface area contributed by atoms with Gasteiger partial charge in [-0.05, 0) is 72.0 Å². The zero-order chi connectivity index (χ0) is 16.2. The molecule has 6 heteroatoms. The molecule has 1 N–H and O–H groups in total. The van der Waals surface area contributed by atoms with Gasteiger partial charge in [-0.1, -0.05) is 0 Å². The number of nitrogens with zero attached hydrogens (tertiary/aromatic N) is 2. The van der Waals surface area contributed by atoms with Crippen molar-refractivity contribution in [3.63, 3.8) is 0 Å². The van der Waals surface area contributed by atoms with Gasteiger partial charge in [0.25, 0.3) is 0 Å². The first-order chi connectivity index (χ1) is 11.2. The standard InChI is InChI=1S/C17H14IN3O2/c1-2-23-17(22)11-3-6-13(7-4-11)21-16-14-9-12(18)5-8-15(14)19-10-20-16/h3-10H,2H2,1H3,(H,19,20,21). The van der Waals surface area contributed by atoms with Crippen LogP contribution in [0.3, 0.4) is 0 Å². The fourth-order valence-corrected chi connectivity index (χ4v) is 2.66. The fraction of sp³-hybridized carbons (Fsp3) is 0.118. The molecular weight excluding hydrogens is 405 g/mol. The lowest BCUT2D eigenvalue weighted by Crippen LogP contribution is -2.04. The Kier molecular flexibility index (Phi) is 4.71. The van der Waals surface area contributed by atoms with Gasteiger partial charge in [-0.15, -0.1) is 0 Å². The second-order valence-electron chi connectivity index (χ2n) is 4.81. The molecule has 0 spiro atoms. The highest BCUT2D eigenvalue weighted by atomic mass is 127. The molecule has 0 aliphatic carbocycles. The van der Waals surface area contributed by atoms with Crippen molar-refractivity contribution in [1.29, 1.82) is 0 Å². The molecule has 0 saturated heterocycles. The normalized spacial score (nSPS) is 10.5. The molecule has 116 valence electrons. The number of esters is 1. The topological polar surface area (TPSA) is 64.1 Å². The smallest absolute Gasteiger partial charge is 0.338 e. The van der Waals surface area contributed by atoms with Crippen molar-refractivity contribution >= 4 is 51.0 Å². The number of fused-ring (bicyclic) bond motifs is 1. The molecule has 0 amide bonds. The fourth-order valence-electron chi connectivity index (χ4n) is 2.17. The highest BCUT2D eigenvalue weighted by Gasteiger charge is 2.07. The van der Waals surface area contributed by atoms with Crippen molar-refractivity contribution in [2.75, 3.05) is 11.9 Å². The summed E-state index contributed by atoms with van der Waals surface area (Å²) in [7, 11) is 0. The number of ether oxygens (including phenoxy) is 1. The summed E-state index contributed by atoms with van der Waals surface area (Å²) in [5.41, 5.74) is 2.25. The van der Waals surface area contributed by atoms with E-state index in [1.807, 2.05) is 30.3 Å². The predicted molar refractivity (Wildman–Crippen MR) is 97.9 cm³/mol. The molecule has 0 atom stereocenters. The first-order valence-electron chi connectivity index (χ1n) is 7.12. The minimum atomic E-state index is -0.318. The van der Waals surface area contributed by atoms with Crippen LogP contribution in [0.25, 0.3) is 10.9 Å². The van der Waals surface area contributed by atoms with Crippen LogP contribution >= 0.6 is 22.6 Å². The summed E-state index contributed by atoms with van der Waals surface area (Å²) in [6.07, 6.45) is 1.53. The lowest BCUT2D eigenvalue weighted by atomic mass is 10.2. The largest absolute Gasteiger partial charge is 0.462 e. The molecule has 0 bridgehead atoms. The molecule has 0 saturated carbocycles. The van der Waals surface area contributed by atoms with Crippen LogP contribution in [-0.4, -0.2) is 22.5 Å². The summed E-state index contributed by atoms with van der Waals surface area (Å²) in [5, 5.41) is 4.22. The summed E-state index contributed by atoms with van der Waals surface area (Å²) < 4.78 is 6.09. The number of carbonyl (C=O) groups is 1. The molecule has 0 aliphatic heterocycles. The number of aromatic nitrogens is 2. The first-order valence-corrected chi connectivity index (χ1v) is 8.19. The number of halogens is 1. The van der Waals surface area contributed by atoms with Crippen molar-refractivity contribution < 1.29 is 9.53 Å². The number of rotatable bonds is 4. The Bertz CT molecular complexity index is 850. The summed E-state index contributed by atoms with van der Waals surface area (Å²) in [5.74, 6) is 0.415. The SMILES string of the molecule is CCOC(=O)c1ccc(Nc2ncnc3ccc(I)cc23)cc1. The molecule has 23 heavy (non-hydrogen) atoms. The Morgan fingerprint density at radius 3 is 2.70 bits per heavy atom. The van der Waals surface area contributed by atoms with Gasteiger partial charge in [0.2, 0.25) is 0 Å². The van der Waals surface area contributed by atoms with Crippen LogP contribution in [0, 0.1) is 3.57 Å². The summed E-state index contributed by atoms with van der Waals surface area (Å²) >= 11 is 2.26. The Balaban J connectivity index is 1.87. The molecule has 1 aromatic heterocycles. The van der Waals surface area contributed by atoms with Crippen LogP contribution in [-0.2, 0) is 4.74 Å². The number of nitrogens with one attached hydrogen (secondary N) is 1. The van der Waals surface area contributed by atoms with Gasteiger partial charge in [-0.25, -0.2) is 14.8 Å². The average molecular weight is 419 g/mol. The maximum absolute atomic E-state index is 11.7. The van der Waals surface area contributed by atoms with E-state index < -0.39 is 0 Å². The van der Waals surface area contributed by atoms with E-state index in [-0.39, 0.29) is 5.97 Å². The van der Waals surface area contributed by atoms with E-state index in [2.05, 4.69) is 37.9 Å². The first kappa shape index (κ1) is 15.7. The van der Waals surface area contributed by atoms with Gasteiger partial charge in [0.1, 0.15) is 12.1 Å². The average Bonchev–Trinajstić information content (AvgIpc) is 2.56. The number of hydrogen-bond acceptors (Lipinski definition) is 5. The van der Waals surface area contributed by atoms with Gasteiger partial charge in [0.05, 0.1) is 17.7 Å². The van der Waals surface area contributed by atoms with Gasteiger partial charge in [-0.2, -0.15) is 0 Å². The van der Waals surface area contributed by atoms with Crippen LogP contribution in [0.4, 0.5) is 11.5 Å². The van der Waals surface area contributed by atoms with Crippen molar-refractivity contribution in [2.24, 2.45) is 0 Å². The third kappa shape index (κ3) is 3.58. The van der Waals surface area contributed by atoms with Gasteiger partial charge < -0.3 is 10.1 Å². The highest BCUT2D eigenvalue weighted by Crippen LogP contribution is 2.24. The maximum Gasteiger partial charge on any atom is 0.338 e. The summed E-state index contributed by atoms with van der Waals surface area (Å²) in [4.78, 5) is 20.2. The molecule has 5 nitrogen and oxygen atoms in total. The molecule has 0 fully saturated rings. The van der Waals surface area contributed by atoms with Crippen molar-refractivity contribution in [2.45, 2.75) is 6.92 Å². The van der Waals surface area contributed by atoms with Gasteiger partial charge in [-0.3, -0.25) is 0 Å². The molecule has 3 aromatic rings. The second kappa shape index (κ2) is 6.91. The quantitative estimate of drug-likeness (QED) is 0.509. The van der Waals surface area contributed by atoms with Crippen LogP contribution in [0.5, 0.6) is 0 Å². The van der Waals surface area contributed by atoms with E-state index in [9.17, 15) is 4.79 Å². The van der Waals surface area contributed by atoms with E-state index in [4.69, 9.17) is 4.74 Å². The summed E-state index contributed by atoms with van der Waals surface area (Å²) in [6.45, 7) is 2.15. The van der Waals surface area contributed by atoms with Crippen LogP contribution in [0.1, 0.15) is 17.3 Å². The Morgan fingerprint density at radius 2 is 1.96 bits per heavy atom. The molecule has 2 aromatic carbocycles. The second-order valence-corrected chi connectivity index (χ2v) is 6.05. The lowest BCUT2D eigenvalue weighted by molar-refractivity contribution is 0.0526. The maximum atomic E-state index is 11.7. The zero-order valence-corrected chi connectivity index (χ0v) is 14.6. The molecular formula is C17H14IN3O2. The van der Waals surface area contributed by atoms with Gasteiger partial charge >= 0.3 is 5.97 Å². The van der Waals surface area contributed by atoms with E-state index in [0.29, 0.717) is 12.2 Å². The summed E-state index contributed by atoms with van der Waals surface area (Å²) in [6, 6.07) is 13.1. The third-order valence-electron chi connectivity index (χ3n) is 3.26. The zero-order valence-electron chi connectivity index (χ0n) is 12.4. The van der Waals surface area contributed by atoms with Crippen molar-refractivity contribution in [3.05, 3.63) is 57.9 Å². The monoisotopic (exact) mass is 419 g/mol. The molecule has 3 rings (SSSR count). The molecule has 0 radical (unpaired) electrons. The number of carbonyl (C=O) groups excluding carboxylic acids is 1. The van der Waals surface area contributed by atoms with E-state index in [0.717, 1.165) is 26.0 Å². The van der Waals surface area contributed by atoms with E-state index in [1.165, 1.54) is 6.33 Å². The van der Waals surface area contributed by atoms with E-state index in [1.54, 1.807) is 19.1 Å². The van der Waals surface area contributed by atoms with E-state index >= 15 is 0 Å². The number of anilines is 2.